The van der Waals surface area contributed by atoms with Crippen LogP contribution in [0.2, 0.25) is 0 Å². The van der Waals surface area contributed by atoms with Gasteiger partial charge in [-0.3, -0.25) is 0 Å². The summed E-state index contributed by atoms with van der Waals surface area (Å²) in [6, 6.07) is 15.9. The highest BCUT2D eigenvalue weighted by molar-refractivity contribution is 5.38. The summed E-state index contributed by atoms with van der Waals surface area (Å²) in [5, 5.41) is 11.1. The zero-order valence-electron chi connectivity index (χ0n) is 11.1. The Morgan fingerprint density at radius 3 is 2.80 bits per heavy atom. The fourth-order valence-electron chi connectivity index (χ4n) is 1.93. The molecule has 0 N–H and O–H groups in total. The van der Waals surface area contributed by atoms with Crippen molar-refractivity contribution in [3.63, 3.8) is 0 Å². The van der Waals surface area contributed by atoms with Crippen LogP contribution in [0.3, 0.4) is 0 Å². The molecule has 100 valence electrons. The topological polar surface area (TPSA) is 52.8 Å². The lowest BCUT2D eigenvalue weighted by Crippen LogP contribution is -1.99. The maximum atomic E-state index is 5.83. The van der Waals surface area contributed by atoms with Crippen LogP contribution < -0.4 is 4.74 Å². The van der Waals surface area contributed by atoms with Gasteiger partial charge in [0.15, 0.2) is 0 Å². The minimum absolute atomic E-state index is 0.547. The van der Waals surface area contributed by atoms with Gasteiger partial charge in [-0.15, -0.1) is 5.10 Å². The lowest BCUT2D eigenvalue weighted by Gasteiger charge is -2.09. The van der Waals surface area contributed by atoms with E-state index in [0.29, 0.717) is 6.61 Å². The summed E-state index contributed by atoms with van der Waals surface area (Å²) in [6.45, 7) is 2.63. The first kappa shape index (κ1) is 12.3. The molecule has 0 aliphatic heterocycles. The maximum Gasteiger partial charge on any atom is 0.143 e. The molecule has 0 spiro atoms. The minimum Gasteiger partial charge on any atom is -0.489 e. The monoisotopic (exact) mass is 266 g/mol. The number of aryl methyl sites for hydroxylation is 1. The first-order valence-electron chi connectivity index (χ1n) is 6.34. The molecule has 0 saturated carbocycles. The average molecular weight is 266 g/mol. The van der Waals surface area contributed by atoms with Gasteiger partial charge < -0.3 is 4.74 Å². The highest BCUT2D eigenvalue weighted by Gasteiger charge is 2.02. The smallest absolute Gasteiger partial charge is 0.143 e. The van der Waals surface area contributed by atoms with Crippen molar-refractivity contribution < 1.29 is 4.74 Å². The molecule has 0 amide bonds. The normalized spacial score (nSPS) is 10.4. The Hall–Kier alpha value is -2.69. The van der Waals surface area contributed by atoms with Crippen LogP contribution in [0.15, 0.2) is 54.9 Å². The third kappa shape index (κ3) is 2.66. The Morgan fingerprint density at radius 2 is 2.00 bits per heavy atom. The van der Waals surface area contributed by atoms with Crippen molar-refractivity contribution in [3.8, 4) is 11.4 Å². The molecule has 0 radical (unpaired) electrons. The second-order valence-corrected chi connectivity index (χ2v) is 4.47. The first-order chi connectivity index (χ1) is 9.83. The fourth-order valence-corrected chi connectivity index (χ4v) is 1.93. The summed E-state index contributed by atoms with van der Waals surface area (Å²) in [7, 11) is 0. The number of ether oxygens (including phenoxy) is 1. The minimum atomic E-state index is 0.547. The van der Waals surface area contributed by atoms with Gasteiger partial charge in [0.05, 0.1) is 5.69 Å². The van der Waals surface area contributed by atoms with E-state index >= 15 is 0 Å². The van der Waals surface area contributed by atoms with Crippen molar-refractivity contribution in [2.75, 3.05) is 0 Å². The quantitative estimate of drug-likeness (QED) is 0.728. The maximum absolute atomic E-state index is 5.83. The van der Waals surface area contributed by atoms with Gasteiger partial charge in [-0.1, -0.05) is 30.3 Å². The van der Waals surface area contributed by atoms with Crippen molar-refractivity contribution in [2.24, 2.45) is 0 Å². The van der Waals surface area contributed by atoms with Crippen LogP contribution >= 0.6 is 0 Å². The van der Waals surface area contributed by atoms with E-state index in [-0.39, 0.29) is 0 Å². The molecule has 0 fully saturated rings. The van der Waals surface area contributed by atoms with Crippen molar-refractivity contribution in [2.45, 2.75) is 13.5 Å². The molecule has 0 aliphatic carbocycles. The SMILES string of the molecule is Cc1ccccc1COc1cccc(-n2cnnn2)c1. The van der Waals surface area contributed by atoms with Gasteiger partial charge in [-0.2, -0.15) is 0 Å². The molecule has 1 aromatic heterocycles. The summed E-state index contributed by atoms with van der Waals surface area (Å²) >= 11 is 0. The molecule has 1 heterocycles. The zero-order chi connectivity index (χ0) is 13.8. The Labute approximate surface area is 116 Å². The molecule has 20 heavy (non-hydrogen) atoms. The van der Waals surface area contributed by atoms with Gasteiger partial charge >= 0.3 is 0 Å². The lowest BCUT2D eigenvalue weighted by atomic mass is 10.1. The van der Waals surface area contributed by atoms with Gasteiger partial charge in [-0.25, -0.2) is 4.68 Å². The molecule has 0 unspecified atom stereocenters. The largest absolute Gasteiger partial charge is 0.489 e. The first-order valence-corrected chi connectivity index (χ1v) is 6.34. The Morgan fingerprint density at radius 1 is 1.10 bits per heavy atom. The van der Waals surface area contributed by atoms with Crippen LogP contribution in [0.4, 0.5) is 0 Å². The average Bonchev–Trinajstić information content (AvgIpc) is 3.01. The summed E-state index contributed by atoms with van der Waals surface area (Å²) in [5.41, 5.74) is 3.28. The summed E-state index contributed by atoms with van der Waals surface area (Å²) in [5.74, 6) is 0.793. The van der Waals surface area contributed by atoms with E-state index in [1.165, 1.54) is 11.1 Å². The molecule has 2 aromatic carbocycles. The highest BCUT2D eigenvalue weighted by atomic mass is 16.5. The molecular weight excluding hydrogens is 252 g/mol. The van der Waals surface area contributed by atoms with Crippen LogP contribution in [-0.4, -0.2) is 20.2 Å². The second kappa shape index (κ2) is 5.52. The molecule has 5 nitrogen and oxygen atoms in total. The molecule has 3 aromatic rings. The third-order valence-electron chi connectivity index (χ3n) is 3.09. The second-order valence-electron chi connectivity index (χ2n) is 4.47. The predicted octanol–water partition coefficient (Wildman–Crippen LogP) is 2.55. The number of benzene rings is 2. The molecule has 0 atom stereocenters. The summed E-state index contributed by atoms with van der Waals surface area (Å²) in [4.78, 5) is 0. The number of rotatable bonds is 4. The van der Waals surface area contributed by atoms with Crippen LogP contribution in [-0.2, 0) is 6.61 Å². The Balaban J connectivity index is 1.75. The Bertz CT molecular complexity index is 695. The van der Waals surface area contributed by atoms with Gasteiger partial charge in [0.1, 0.15) is 18.7 Å². The summed E-state index contributed by atoms with van der Waals surface area (Å²) in [6.07, 6.45) is 1.56. The molecule has 3 rings (SSSR count). The van der Waals surface area contributed by atoms with E-state index in [2.05, 4.69) is 34.6 Å². The zero-order valence-corrected chi connectivity index (χ0v) is 11.1. The molecule has 5 heteroatoms. The van der Waals surface area contributed by atoms with Gasteiger partial charge in [0.2, 0.25) is 0 Å². The van der Waals surface area contributed by atoms with E-state index in [1.807, 2.05) is 36.4 Å². The number of hydrogen-bond donors (Lipinski definition) is 0. The molecular formula is C15H14N4O. The number of aromatic nitrogens is 4. The van der Waals surface area contributed by atoms with Gasteiger partial charge in [-0.05, 0) is 40.6 Å². The van der Waals surface area contributed by atoms with Crippen LogP contribution in [0.5, 0.6) is 5.75 Å². The van der Waals surface area contributed by atoms with Crippen LogP contribution in [0.1, 0.15) is 11.1 Å². The number of nitrogens with zero attached hydrogens (tertiary/aromatic N) is 4. The van der Waals surface area contributed by atoms with E-state index in [0.717, 1.165) is 11.4 Å². The predicted molar refractivity (Wildman–Crippen MR) is 74.7 cm³/mol. The third-order valence-corrected chi connectivity index (χ3v) is 3.09. The van der Waals surface area contributed by atoms with E-state index in [1.54, 1.807) is 11.0 Å². The molecule has 0 bridgehead atoms. The van der Waals surface area contributed by atoms with Crippen molar-refractivity contribution >= 4 is 0 Å². The van der Waals surface area contributed by atoms with E-state index in [9.17, 15) is 0 Å². The van der Waals surface area contributed by atoms with Gasteiger partial charge in [0, 0.05) is 6.07 Å². The lowest BCUT2D eigenvalue weighted by molar-refractivity contribution is 0.305. The number of tetrazole rings is 1. The molecule has 0 aliphatic rings. The van der Waals surface area contributed by atoms with Crippen molar-refractivity contribution in [1.29, 1.82) is 0 Å². The standard InChI is InChI=1S/C15H14N4O/c1-12-5-2-3-6-13(12)10-20-15-8-4-7-14(9-15)19-11-16-17-18-19/h2-9,11H,10H2,1H3. The highest BCUT2D eigenvalue weighted by Crippen LogP contribution is 2.18. The number of hydrogen-bond acceptors (Lipinski definition) is 4. The summed E-state index contributed by atoms with van der Waals surface area (Å²) < 4.78 is 7.43. The Kier molecular flexibility index (Phi) is 3.41. The van der Waals surface area contributed by atoms with E-state index in [4.69, 9.17) is 4.74 Å². The van der Waals surface area contributed by atoms with E-state index < -0.39 is 0 Å². The van der Waals surface area contributed by atoms with Gasteiger partial charge in [0.25, 0.3) is 0 Å². The van der Waals surface area contributed by atoms with Crippen molar-refractivity contribution in [3.05, 3.63) is 66.0 Å². The van der Waals surface area contributed by atoms with Crippen LogP contribution in [0.25, 0.3) is 5.69 Å². The fraction of sp³-hybridized carbons (Fsp3) is 0.133. The molecule has 0 saturated heterocycles. The van der Waals surface area contributed by atoms with Crippen LogP contribution in [0, 0.1) is 6.92 Å². The van der Waals surface area contributed by atoms with Crippen molar-refractivity contribution in [1.82, 2.24) is 20.2 Å².